The molecule has 0 spiro atoms. The van der Waals surface area contributed by atoms with Crippen LogP contribution in [0.3, 0.4) is 0 Å². The Morgan fingerprint density at radius 1 is 1.31 bits per heavy atom. The smallest absolute Gasteiger partial charge is 0.262 e. The fourth-order valence-electron chi connectivity index (χ4n) is 4.29. The average Bonchev–Trinajstić information content (AvgIpc) is 3.36. The van der Waals surface area contributed by atoms with Crippen molar-refractivity contribution in [1.29, 1.82) is 0 Å². The Hall–Kier alpha value is -2.49. The van der Waals surface area contributed by atoms with E-state index in [9.17, 15) is 13.6 Å². The van der Waals surface area contributed by atoms with Gasteiger partial charge in [-0.1, -0.05) is 6.07 Å². The molecule has 2 atom stereocenters. The Morgan fingerprint density at radius 2 is 2.09 bits per heavy atom. The van der Waals surface area contributed by atoms with E-state index >= 15 is 0 Å². The predicted molar refractivity (Wildman–Crippen MR) is 124 cm³/mol. The molecule has 3 heterocycles. The van der Waals surface area contributed by atoms with Crippen molar-refractivity contribution >= 4 is 32.9 Å². The van der Waals surface area contributed by atoms with Gasteiger partial charge in [-0.3, -0.25) is 9.36 Å². The van der Waals surface area contributed by atoms with Gasteiger partial charge in [-0.2, -0.15) is 0 Å². The Kier molecular flexibility index (Phi) is 5.65. The maximum absolute atomic E-state index is 13.9. The first-order valence-electron chi connectivity index (χ1n) is 10.5. The molecule has 0 saturated heterocycles. The minimum atomic E-state index is -0.537. The van der Waals surface area contributed by atoms with Crippen LogP contribution in [0.2, 0.25) is 0 Å². The van der Waals surface area contributed by atoms with Crippen molar-refractivity contribution in [2.45, 2.75) is 51.7 Å². The fraction of sp³-hybridized carbons (Fsp3) is 0.348. The molecule has 5 nitrogen and oxygen atoms in total. The Bertz CT molecular complexity index is 1340. The molecule has 0 amide bonds. The van der Waals surface area contributed by atoms with Crippen LogP contribution in [0.5, 0.6) is 0 Å². The zero-order valence-electron chi connectivity index (χ0n) is 17.7. The summed E-state index contributed by atoms with van der Waals surface area (Å²) in [5.41, 5.74) is 1.95. The highest BCUT2D eigenvalue weighted by Gasteiger charge is 2.26. The molecule has 32 heavy (non-hydrogen) atoms. The van der Waals surface area contributed by atoms with E-state index in [1.165, 1.54) is 29.5 Å². The largest absolute Gasteiger partial charge is 0.309 e. The van der Waals surface area contributed by atoms with Gasteiger partial charge < -0.3 is 5.32 Å². The van der Waals surface area contributed by atoms with Gasteiger partial charge in [0, 0.05) is 28.4 Å². The third kappa shape index (κ3) is 3.78. The third-order valence-corrected chi connectivity index (χ3v) is 8.06. The van der Waals surface area contributed by atoms with Gasteiger partial charge in [-0.05, 0) is 50.8 Å². The highest BCUT2D eigenvalue weighted by molar-refractivity contribution is 7.18. The molecule has 0 unspecified atom stereocenters. The van der Waals surface area contributed by atoms with Crippen LogP contribution in [0.4, 0.5) is 8.78 Å². The molecule has 9 heteroatoms. The summed E-state index contributed by atoms with van der Waals surface area (Å²) >= 11 is 3.11. The van der Waals surface area contributed by atoms with E-state index < -0.39 is 11.6 Å². The summed E-state index contributed by atoms with van der Waals surface area (Å²) in [4.78, 5) is 24.3. The normalized spacial score (nSPS) is 16.9. The van der Waals surface area contributed by atoms with E-state index in [0.29, 0.717) is 11.8 Å². The van der Waals surface area contributed by atoms with Crippen LogP contribution in [0, 0.1) is 18.6 Å². The number of aromatic nitrogens is 3. The van der Waals surface area contributed by atoms with Gasteiger partial charge in [0.15, 0.2) is 0 Å². The van der Waals surface area contributed by atoms with Gasteiger partial charge in [-0.15, -0.1) is 22.7 Å². The summed E-state index contributed by atoms with van der Waals surface area (Å²) in [6.07, 6.45) is 3.86. The molecule has 0 saturated carbocycles. The maximum atomic E-state index is 13.9. The molecule has 1 aromatic carbocycles. The molecule has 1 aliphatic rings. The van der Waals surface area contributed by atoms with Crippen LogP contribution in [-0.4, -0.2) is 20.6 Å². The Morgan fingerprint density at radius 3 is 2.81 bits per heavy atom. The van der Waals surface area contributed by atoms with Crippen molar-refractivity contribution < 1.29 is 8.78 Å². The third-order valence-electron chi connectivity index (χ3n) is 6.11. The quantitative estimate of drug-likeness (QED) is 0.455. The molecular formula is C23H22F2N4OS2. The van der Waals surface area contributed by atoms with Gasteiger partial charge in [0.2, 0.25) is 0 Å². The molecule has 166 valence electrons. The van der Waals surface area contributed by atoms with Gasteiger partial charge in [-0.25, -0.2) is 18.7 Å². The average molecular weight is 473 g/mol. The van der Waals surface area contributed by atoms with Gasteiger partial charge >= 0.3 is 0 Å². The van der Waals surface area contributed by atoms with Crippen molar-refractivity contribution in [3.8, 4) is 0 Å². The first-order chi connectivity index (χ1) is 15.4. The summed E-state index contributed by atoms with van der Waals surface area (Å²) in [5, 5.41) is 6.94. The SMILES string of the molecule is Cc1nc([C@H](C)n2cnc3sc4c(c3c2=O)CC[C@H](NCc2c(F)cccc2F)C4)cs1. The minimum Gasteiger partial charge on any atom is -0.309 e. The number of thiazole rings is 1. The monoisotopic (exact) mass is 472 g/mol. The van der Waals surface area contributed by atoms with Gasteiger partial charge in [0.05, 0.1) is 28.5 Å². The van der Waals surface area contributed by atoms with Crippen LogP contribution in [-0.2, 0) is 19.4 Å². The first-order valence-corrected chi connectivity index (χ1v) is 12.2. The van der Waals surface area contributed by atoms with Crippen LogP contribution >= 0.6 is 22.7 Å². The summed E-state index contributed by atoms with van der Waals surface area (Å²) in [7, 11) is 0. The lowest BCUT2D eigenvalue weighted by atomic mass is 9.93. The molecule has 0 fully saturated rings. The molecule has 0 radical (unpaired) electrons. The standard InChI is InChI=1S/C23H22F2N4OS2/c1-12(19-10-31-13(2)28-19)29-11-27-22-21(23(29)30)15-7-6-14(8-20(15)32-22)26-9-16-17(24)4-3-5-18(16)25/h3-5,10-12,14,26H,6-9H2,1-2H3/t12-,14-/m0/s1. The number of fused-ring (bicyclic) bond motifs is 3. The number of benzene rings is 1. The zero-order valence-corrected chi connectivity index (χ0v) is 19.3. The zero-order chi connectivity index (χ0) is 22.4. The topological polar surface area (TPSA) is 59.8 Å². The number of aryl methyl sites for hydroxylation is 2. The van der Waals surface area contributed by atoms with Crippen LogP contribution in [0.15, 0.2) is 34.7 Å². The number of thiophene rings is 1. The molecule has 1 N–H and O–H groups in total. The van der Waals surface area contributed by atoms with Crippen molar-refractivity contribution in [3.63, 3.8) is 0 Å². The van der Waals surface area contributed by atoms with E-state index in [1.54, 1.807) is 22.2 Å². The van der Waals surface area contributed by atoms with Crippen molar-refractivity contribution in [1.82, 2.24) is 19.9 Å². The number of rotatable bonds is 5. The molecule has 0 aliphatic heterocycles. The van der Waals surface area contributed by atoms with Crippen molar-refractivity contribution in [2.24, 2.45) is 0 Å². The second-order valence-corrected chi connectivity index (χ2v) is 10.3. The lowest BCUT2D eigenvalue weighted by Gasteiger charge is -2.23. The van der Waals surface area contributed by atoms with Crippen molar-refractivity contribution in [3.05, 3.63) is 78.6 Å². The number of hydrogen-bond acceptors (Lipinski definition) is 6. The summed E-state index contributed by atoms with van der Waals surface area (Å²) in [5.74, 6) is -1.07. The number of nitrogens with zero attached hydrogens (tertiary/aromatic N) is 3. The highest BCUT2D eigenvalue weighted by Crippen LogP contribution is 2.34. The maximum Gasteiger partial charge on any atom is 0.262 e. The van der Waals surface area contributed by atoms with E-state index in [4.69, 9.17) is 0 Å². The fourth-order valence-corrected chi connectivity index (χ4v) is 6.25. The lowest BCUT2D eigenvalue weighted by molar-refractivity contribution is 0.445. The Balaban J connectivity index is 1.40. The van der Waals surface area contributed by atoms with Gasteiger partial charge in [0.25, 0.3) is 5.56 Å². The van der Waals surface area contributed by atoms with Crippen molar-refractivity contribution in [2.75, 3.05) is 0 Å². The summed E-state index contributed by atoms with van der Waals surface area (Å²) in [6.45, 7) is 4.05. The molecule has 3 aromatic heterocycles. The summed E-state index contributed by atoms with van der Waals surface area (Å²) < 4.78 is 29.5. The summed E-state index contributed by atoms with van der Waals surface area (Å²) in [6, 6.07) is 3.82. The number of hydrogen-bond donors (Lipinski definition) is 1. The molecule has 5 rings (SSSR count). The second-order valence-electron chi connectivity index (χ2n) is 8.13. The second kappa shape index (κ2) is 8.46. The van der Waals surface area contributed by atoms with Crippen LogP contribution in [0.25, 0.3) is 10.2 Å². The Labute approximate surface area is 191 Å². The van der Waals surface area contributed by atoms with E-state index in [0.717, 1.165) is 38.8 Å². The molecule has 4 aromatic rings. The van der Waals surface area contributed by atoms with Crippen LogP contribution < -0.4 is 10.9 Å². The molecular weight excluding hydrogens is 450 g/mol. The predicted octanol–water partition coefficient (Wildman–Crippen LogP) is 4.76. The van der Waals surface area contributed by atoms with E-state index in [1.807, 2.05) is 19.2 Å². The van der Waals surface area contributed by atoms with Crippen LogP contribution in [0.1, 0.15) is 46.1 Å². The van der Waals surface area contributed by atoms with E-state index in [2.05, 4.69) is 15.3 Å². The molecule has 0 bridgehead atoms. The molecule has 1 aliphatic carbocycles. The van der Waals surface area contributed by atoms with E-state index in [-0.39, 0.29) is 29.8 Å². The lowest BCUT2D eigenvalue weighted by Crippen LogP contribution is -2.34. The highest BCUT2D eigenvalue weighted by atomic mass is 32.1. The number of nitrogens with one attached hydrogen (secondary N) is 1. The minimum absolute atomic E-state index is 0.0366. The van der Waals surface area contributed by atoms with Gasteiger partial charge in [0.1, 0.15) is 16.5 Å². The number of halogens is 2. The first kappa shape index (κ1) is 21.4.